The molecule has 0 bridgehead atoms. The molecule has 1 aromatic carbocycles. The first-order valence-electron chi connectivity index (χ1n) is 8.70. The zero-order valence-corrected chi connectivity index (χ0v) is 15.3. The van der Waals surface area contributed by atoms with E-state index in [1.54, 1.807) is 7.05 Å². The van der Waals surface area contributed by atoms with E-state index in [1.807, 2.05) is 13.8 Å². The lowest BCUT2D eigenvalue weighted by Crippen LogP contribution is -2.40. The molecule has 7 nitrogen and oxygen atoms in total. The molecule has 1 saturated heterocycles. The highest BCUT2D eigenvalue weighted by Crippen LogP contribution is 2.19. The molecule has 1 aliphatic heterocycles. The Labute approximate surface area is 152 Å². The molecule has 2 atom stereocenters. The van der Waals surface area contributed by atoms with Gasteiger partial charge in [-0.15, -0.1) is 0 Å². The van der Waals surface area contributed by atoms with E-state index in [9.17, 15) is 14.0 Å². The molecule has 8 heteroatoms. The lowest BCUT2D eigenvalue weighted by Gasteiger charge is -2.17. The molecule has 5 N–H and O–H groups in total. The van der Waals surface area contributed by atoms with Crippen molar-refractivity contribution < 1.29 is 14.0 Å². The first-order chi connectivity index (χ1) is 12.3. The molecule has 0 aromatic heterocycles. The second-order valence-corrected chi connectivity index (χ2v) is 6.75. The minimum atomic E-state index is -0.560. The normalized spacial score (nSPS) is 19.3. The third-order valence-corrected chi connectivity index (χ3v) is 4.19. The second kappa shape index (κ2) is 8.75. The van der Waals surface area contributed by atoms with Gasteiger partial charge in [0.2, 0.25) is 5.91 Å². The molecule has 0 spiro atoms. The van der Waals surface area contributed by atoms with Crippen LogP contribution in [0.2, 0.25) is 0 Å². The van der Waals surface area contributed by atoms with Crippen molar-refractivity contribution in [2.75, 3.05) is 18.9 Å². The van der Waals surface area contributed by atoms with Gasteiger partial charge in [0.1, 0.15) is 11.5 Å². The van der Waals surface area contributed by atoms with Gasteiger partial charge in [-0.05, 0) is 38.5 Å². The van der Waals surface area contributed by atoms with E-state index in [2.05, 4.69) is 21.3 Å². The highest BCUT2D eigenvalue weighted by atomic mass is 19.1. The van der Waals surface area contributed by atoms with Crippen LogP contribution in [0.4, 0.5) is 10.1 Å². The van der Waals surface area contributed by atoms with Crippen molar-refractivity contribution in [2.24, 2.45) is 0 Å². The van der Waals surface area contributed by atoms with Crippen molar-refractivity contribution >= 4 is 23.2 Å². The van der Waals surface area contributed by atoms with E-state index in [0.29, 0.717) is 25.1 Å². The maximum absolute atomic E-state index is 13.6. The molecule has 2 amide bonds. The van der Waals surface area contributed by atoms with Gasteiger partial charge in [-0.25, -0.2) is 4.39 Å². The van der Waals surface area contributed by atoms with E-state index in [1.165, 1.54) is 18.2 Å². The summed E-state index contributed by atoms with van der Waals surface area (Å²) in [4.78, 5) is 23.9. The van der Waals surface area contributed by atoms with Crippen molar-refractivity contribution in [1.82, 2.24) is 16.0 Å². The van der Waals surface area contributed by atoms with Crippen LogP contribution >= 0.6 is 0 Å². The molecule has 1 aliphatic rings. The number of anilines is 1. The molecule has 142 valence electrons. The maximum atomic E-state index is 13.6. The van der Waals surface area contributed by atoms with Gasteiger partial charge in [0, 0.05) is 49.4 Å². The molecule has 26 heavy (non-hydrogen) atoms. The molecule has 1 fully saturated rings. The molecular weight excluding hydrogens is 337 g/mol. The van der Waals surface area contributed by atoms with E-state index in [0.717, 1.165) is 0 Å². The lowest BCUT2D eigenvalue weighted by molar-refractivity contribution is -0.121. The first kappa shape index (κ1) is 19.8. The largest absolute Gasteiger partial charge is 0.382 e. The SMILES string of the molecule is CNC(=O)C[C@@H]1C[C@H](NC(=O)C(=N)c2cc(F)ccc2NC(C)C)CN1. The average Bonchev–Trinajstić information content (AvgIpc) is 3.02. The number of hydrogen-bond donors (Lipinski definition) is 5. The number of amides is 2. The smallest absolute Gasteiger partial charge is 0.270 e. The van der Waals surface area contributed by atoms with E-state index in [4.69, 9.17) is 5.41 Å². The van der Waals surface area contributed by atoms with Gasteiger partial charge in [-0.2, -0.15) is 0 Å². The standard InChI is InChI=1S/C18H26FN5O2/c1-10(2)23-15-5-4-11(19)6-14(15)17(20)18(26)24-13-7-12(22-9-13)8-16(25)21-3/h4-6,10,12-13,20,22-23H,7-9H2,1-3H3,(H,21,25)(H,24,26)/t12-,13-/m0/s1. The fraction of sp³-hybridized carbons (Fsp3) is 0.500. The van der Waals surface area contributed by atoms with Crippen LogP contribution < -0.4 is 21.3 Å². The topological polar surface area (TPSA) is 106 Å². The van der Waals surface area contributed by atoms with Crippen LogP contribution in [0.25, 0.3) is 0 Å². The minimum Gasteiger partial charge on any atom is -0.382 e. The summed E-state index contributed by atoms with van der Waals surface area (Å²) in [5.41, 5.74) is 0.482. The minimum absolute atomic E-state index is 0.0122. The van der Waals surface area contributed by atoms with E-state index in [-0.39, 0.29) is 35.3 Å². The Morgan fingerprint density at radius 1 is 1.38 bits per heavy atom. The van der Waals surface area contributed by atoms with Gasteiger partial charge >= 0.3 is 0 Å². The molecule has 1 aromatic rings. The Morgan fingerprint density at radius 3 is 2.77 bits per heavy atom. The van der Waals surface area contributed by atoms with Crippen LogP contribution in [0.15, 0.2) is 18.2 Å². The summed E-state index contributed by atoms with van der Waals surface area (Å²) in [6.45, 7) is 4.38. The Hall–Kier alpha value is -2.48. The fourth-order valence-electron chi connectivity index (χ4n) is 2.95. The summed E-state index contributed by atoms with van der Waals surface area (Å²) >= 11 is 0. The lowest BCUT2D eigenvalue weighted by atomic mass is 10.0. The summed E-state index contributed by atoms with van der Waals surface area (Å²) in [6, 6.07) is 3.91. The number of carbonyl (C=O) groups is 2. The summed E-state index contributed by atoms with van der Waals surface area (Å²) < 4.78 is 13.6. The Balaban J connectivity index is 2.01. The molecule has 0 radical (unpaired) electrons. The van der Waals surface area contributed by atoms with Crippen molar-refractivity contribution in [2.45, 2.75) is 44.8 Å². The predicted molar refractivity (Wildman–Crippen MR) is 99.0 cm³/mol. The van der Waals surface area contributed by atoms with Gasteiger partial charge in [-0.3, -0.25) is 15.0 Å². The van der Waals surface area contributed by atoms with Gasteiger partial charge in [-0.1, -0.05) is 0 Å². The summed E-state index contributed by atoms with van der Waals surface area (Å²) in [5, 5.41) is 19.8. The number of benzene rings is 1. The number of hydrogen-bond acceptors (Lipinski definition) is 5. The van der Waals surface area contributed by atoms with Gasteiger partial charge < -0.3 is 21.3 Å². The van der Waals surface area contributed by atoms with Crippen LogP contribution in [0, 0.1) is 11.2 Å². The number of nitrogens with one attached hydrogen (secondary N) is 5. The summed E-state index contributed by atoms with van der Waals surface area (Å²) in [5.74, 6) is -1.12. The predicted octanol–water partition coefficient (Wildman–Crippen LogP) is 0.997. The number of rotatable bonds is 7. The third-order valence-electron chi connectivity index (χ3n) is 4.19. The van der Waals surface area contributed by atoms with Crippen LogP contribution in [-0.4, -0.2) is 49.2 Å². The fourth-order valence-corrected chi connectivity index (χ4v) is 2.95. The van der Waals surface area contributed by atoms with Crippen LogP contribution in [0.1, 0.15) is 32.3 Å². The molecule has 2 rings (SSSR count). The average molecular weight is 363 g/mol. The van der Waals surface area contributed by atoms with Crippen molar-refractivity contribution in [3.05, 3.63) is 29.6 Å². The van der Waals surface area contributed by atoms with Gasteiger partial charge in [0.05, 0.1) is 0 Å². The maximum Gasteiger partial charge on any atom is 0.270 e. The highest BCUT2D eigenvalue weighted by Gasteiger charge is 2.28. The molecule has 0 unspecified atom stereocenters. The number of halogens is 1. The van der Waals surface area contributed by atoms with Gasteiger partial charge in [0.25, 0.3) is 5.91 Å². The van der Waals surface area contributed by atoms with Crippen LogP contribution in [0.3, 0.4) is 0 Å². The Kier molecular flexibility index (Phi) is 6.68. The molecular formula is C18H26FN5O2. The number of carbonyl (C=O) groups excluding carboxylic acids is 2. The first-order valence-corrected chi connectivity index (χ1v) is 8.70. The zero-order valence-electron chi connectivity index (χ0n) is 15.3. The van der Waals surface area contributed by atoms with E-state index < -0.39 is 11.7 Å². The summed E-state index contributed by atoms with van der Waals surface area (Å²) in [7, 11) is 1.58. The van der Waals surface area contributed by atoms with Crippen LogP contribution in [0.5, 0.6) is 0 Å². The van der Waals surface area contributed by atoms with Gasteiger partial charge in [0.15, 0.2) is 0 Å². The second-order valence-electron chi connectivity index (χ2n) is 6.75. The van der Waals surface area contributed by atoms with Crippen LogP contribution in [-0.2, 0) is 9.59 Å². The highest BCUT2D eigenvalue weighted by molar-refractivity contribution is 6.45. The van der Waals surface area contributed by atoms with Crippen molar-refractivity contribution in [3.63, 3.8) is 0 Å². The zero-order chi connectivity index (χ0) is 19.3. The van der Waals surface area contributed by atoms with E-state index >= 15 is 0 Å². The quantitative estimate of drug-likeness (QED) is 0.466. The van der Waals surface area contributed by atoms with Crippen molar-refractivity contribution in [1.29, 1.82) is 5.41 Å². The van der Waals surface area contributed by atoms with Crippen molar-refractivity contribution in [3.8, 4) is 0 Å². The Morgan fingerprint density at radius 2 is 2.12 bits per heavy atom. The Bertz CT molecular complexity index is 692. The third kappa shape index (κ3) is 5.26. The summed E-state index contributed by atoms with van der Waals surface area (Å²) in [6.07, 6.45) is 0.944. The monoisotopic (exact) mass is 363 g/mol. The molecule has 0 aliphatic carbocycles. The molecule has 0 saturated carbocycles. The molecule has 1 heterocycles.